The van der Waals surface area contributed by atoms with Gasteiger partial charge in [0.2, 0.25) is 0 Å². The van der Waals surface area contributed by atoms with E-state index in [-0.39, 0.29) is 24.2 Å². The topological polar surface area (TPSA) is 92.1 Å². The molecule has 0 aromatic heterocycles. The molecule has 0 spiro atoms. The summed E-state index contributed by atoms with van der Waals surface area (Å²) in [5.41, 5.74) is 5.28. The largest absolute Gasteiger partial charge is 0.462 e. The van der Waals surface area contributed by atoms with Gasteiger partial charge in [-0.3, -0.25) is 4.79 Å². The summed E-state index contributed by atoms with van der Waals surface area (Å²) >= 11 is 0. The number of nitrogens with zero attached hydrogens (tertiary/aromatic N) is 3. The molecule has 0 aliphatic heterocycles. The van der Waals surface area contributed by atoms with E-state index in [0.717, 1.165) is 0 Å². The van der Waals surface area contributed by atoms with Crippen LogP contribution in [0.4, 0.5) is 23.2 Å². The molecule has 0 aliphatic carbocycles. The third kappa shape index (κ3) is 4.11. The maximum Gasteiger partial charge on any atom is 0.344 e. The Bertz CT molecular complexity index is 729. The molecule has 0 bridgehead atoms. The molecule has 1 aromatic carbocycles. The van der Waals surface area contributed by atoms with Crippen LogP contribution < -0.4 is 0 Å². The van der Waals surface area contributed by atoms with Gasteiger partial charge in [0.25, 0.3) is 0 Å². The first kappa shape index (κ1) is 19.2. The number of halogens is 4. The van der Waals surface area contributed by atoms with Gasteiger partial charge in [-0.25, -0.2) is 22.4 Å². The predicted molar refractivity (Wildman–Crippen MR) is 74.4 cm³/mol. The van der Waals surface area contributed by atoms with E-state index >= 15 is 0 Å². The summed E-state index contributed by atoms with van der Waals surface area (Å²) in [5, 5.41) is 2.49. The monoisotopic (exact) mass is 345 g/mol. The molecule has 0 saturated carbocycles. The zero-order chi connectivity index (χ0) is 18.4. The van der Waals surface area contributed by atoms with E-state index in [1.54, 1.807) is 0 Å². The minimum atomic E-state index is -2.04. The molecule has 0 heterocycles. The SMILES string of the molecule is C=C(C)C(=O)CCCOC(=O)c1c(F)c(F)c(N=[N+]=[N-])c(F)c1F. The van der Waals surface area contributed by atoms with Crippen LogP contribution in [0.3, 0.4) is 0 Å². The van der Waals surface area contributed by atoms with Gasteiger partial charge in [0.05, 0.1) is 6.61 Å². The lowest BCUT2D eigenvalue weighted by atomic mass is 10.1. The molecule has 1 aromatic rings. The van der Waals surface area contributed by atoms with Gasteiger partial charge in [-0.15, -0.1) is 0 Å². The molecule has 0 unspecified atom stereocenters. The van der Waals surface area contributed by atoms with Crippen LogP contribution in [0.25, 0.3) is 10.4 Å². The molecule has 128 valence electrons. The average molecular weight is 345 g/mol. The average Bonchev–Trinajstić information content (AvgIpc) is 2.53. The van der Waals surface area contributed by atoms with E-state index in [1.807, 2.05) is 4.91 Å². The van der Waals surface area contributed by atoms with Crippen molar-refractivity contribution in [2.45, 2.75) is 19.8 Å². The lowest BCUT2D eigenvalue weighted by molar-refractivity contribution is -0.115. The summed E-state index contributed by atoms with van der Waals surface area (Å²) in [7, 11) is 0. The zero-order valence-electron chi connectivity index (χ0n) is 12.4. The molecule has 0 amide bonds. The Morgan fingerprint density at radius 3 is 2.17 bits per heavy atom. The number of Topliss-reactive ketones (excluding diaryl/α,β-unsaturated/α-hetero) is 1. The van der Waals surface area contributed by atoms with Crippen LogP contribution >= 0.6 is 0 Å². The Morgan fingerprint density at radius 1 is 1.17 bits per heavy atom. The third-order valence-electron chi connectivity index (χ3n) is 2.85. The second-order valence-electron chi connectivity index (χ2n) is 4.61. The number of azide groups is 1. The summed E-state index contributed by atoms with van der Waals surface area (Å²) in [5.74, 6) is -10.1. The number of carbonyl (C=O) groups is 2. The number of hydrogen-bond acceptors (Lipinski definition) is 4. The number of hydrogen-bond donors (Lipinski definition) is 0. The number of carbonyl (C=O) groups excluding carboxylic acids is 2. The number of esters is 1. The number of allylic oxidation sites excluding steroid dienone is 1. The van der Waals surface area contributed by atoms with E-state index in [4.69, 9.17) is 5.53 Å². The number of rotatable bonds is 7. The molecule has 0 atom stereocenters. The fourth-order valence-electron chi connectivity index (χ4n) is 1.61. The Kier molecular flexibility index (Phi) is 6.48. The molecular weight excluding hydrogens is 334 g/mol. The highest BCUT2D eigenvalue weighted by Gasteiger charge is 2.29. The fraction of sp³-hybridized carbons (Fsp3) is 0.286. The second kappa shape index (κ2) is 8.11. The van der Waals surface area contributed by atoms with Crippen molar-refractivity contribution in [2.75, 3.05) is 6.61 Å². The second-order valence-corrected chi connectivity index (χ2v) is 4.61. The number of ketones is 1. The lowest BCUT2D eigenvalue weighted by Gasteiger charge is -2.09. The Hall–Kier alpha value is -2.87. The maximum atomic E-state index is 13.7. The van der Waals surface area contributed by atoms with Gasteiger partial charge >= 0.3 is 5.97 Å². The first-order chi connectivity index (χ1) is 11.2. The van der Waals surface area contributed by atoms with Crippen molar-refractivity contribution in [3.63, 3.8) is 0 Å². The van der Waals surface area contributed by atoms with E-state index in [9.17, 15) is 27.2 Å². The predicted octanol–water partition coefficient (Wildman–Crippen LogP) is 4.27. The summed E-state index contributed by atoms with van der Waals surface area (Å²) in [6.45, 7) is 4.49. The van der Waals surface area contributed by atoms with Gasteiger partial charge in [-0.2, -0.15) is 0 Å². The lowest BCUT2D eigenvalue weighted by Crippen LogP contribution is -2.14. The molecule has 0 N–H and O–H groups in total. The summed E-state index contributed by atoms with van der Waals surface area (Å²) < 4.78 is 58.9. The van der Waals surface area contributed by atoms with Gasteiger partial charge in [0, 0.05) is 11.3 Å². The van der Waals surface area contributed by atoms with Gasteiger partial charge in [-0.05, 0) is 24.4 Å². The van der Waals surface area contributed by atoms with Crippen molar-refractivity contribution in [1.29, 1.82) is 0 Å². The van der Waals surface area contributed by atoms with Crippen LogP contribution in [0.1, 0.15) is 30.1 Å². The molecule has 1 rings (SSSR count). The zero-order valence-corrected chi connectivity index (χ0v) is 12.4. The third-order valence-corrected chi connectivity index (χ3v) is 2.85. The van der Waals surface area contributed by atoms with E-state index in [2.05, 4.69) is 16.4 Å². The van der Waals surface area contributed by atoms with Crippen molar-refractivity contribution in [3.05, 3.63) is 51.4 Å². The molecule has 0 saturated heterocycles. The first-order valence-corrected chi connectivity index (χ1v) is 6.49. The minimum absolute atomic E-state index is 0.0217. The first-order valence-electron chi connectivity index (χ1n) is 6.49. The van der Waals surface area contributed by atoms with Crippen molar-refractivity contribution in [3.8, 4) is 0 Å². The smallest absolute Gasteiger partial charge is 0.344 e. The summed E-state index contributed by atoms with van der Waals surface area (Å²) in [4.78, 5) is 24.9. The van der Waals surface area contributed by atoms with Gasteiger partial charge in [0.15, 0.2) is 29.1 Å². The van der Waals surface area contributed by atoms with Gasteiger partial charge in [-0.1, -0.05) is 11.7 Å². The van der Waals surface area contributed by atoms with Crippen LogP contribution in [0, 0.1) is 23.3 Å². The highest BCUT2D eigenvalue weighted by molar-refractivity contribution is 5.94. The molecule has 0 radical (unpaired) electrons. The summed E-state index contributed by atoms with van der Waals surface area (Å²) in [6.07, 6.45) is 0.00850. The standard InChI is InChI=1S/C14H11F4N3O3/c1-6(2)7(22)4-3-5-24-14(23)8-9(15)11(17)13(20-21-19)12(18)10(8)16/h1,3-5H2,2H3. The normalized spacial score (nSPS) is 10.0. The molecular formula is C14H11F4N3O3. The quantitative estimate of drug-likeness (QED) is 0.108. The molecule has 0 fully saturated rings. The van der Waals surface area contributed by atoms with Gasteiger partial charge < -0.3 is 4.74 Å². The van der Waals surface area contributed by atoms with Crippen LogP contribution in [-0.4, -0.2) is 18.4 Å². The van der Waals surface area contributed by atoms with Gasteiger partial charge in [0.1, 0.15) is 11.3 Å². The Balaban J connectivity index is 2.94. The molecule has 24 heavy (non-hydrogen) atoms. The number of benzene rings is 1. The van der Waals surface area contributed by atoms with Crippen LogP contribution in [0.5, 0.6) is 0 Å². The Morgan fingerprint density at radius 2 is 1.71 bits per heavy atom. The van der Waals surface area contributed by atoms with Crippen LogP contribution in [-0.2, 0) is 9.53 Å². The van der Waals surface area contributed by atoms with E-state index in [0.29, 0.717) is 0 Å². The highest BCUT2D eigenvalue weighted by Crippen LogP contribution is 2.30. The number of ether oxygens (including phenoxy) is 1. The van der Waals surface area contributed by atoms with Crippen LogP contribution in [0.15, 0.2) is 17.3 Å². The Labute approximate surface area is 133 Å². The molecule has 10 heteroatoms. The summed E-state index contributed by atoms with van der Waals surface area (Å²) in [6, 6.07) is 0. The molecule has 0 aliphatic rings. The fourth-order valence-corrected chi connectivity index (χ4v) is 1.61. The van der Waals surface area contributed by atoms with E-state index in [1.165, 1.54) is 6.92 Å². The van der Waals surface area contributed by atoms with Crippen molar-refractivity contribution >= 4 is 17.4 Å². The molecule has 6 nitrogen and oxygen atoms in total. The maximum absolute atomic E-state index is 13.7. The van der Waals surface area contributed by atoms with Crippen molar-refractivity contribution < 1.29 is 31.9 Å². The van der Waals surface area contributed by atoms with E-state index < -0.39 is 47.1 Å². The minimum Gasteiger partial charge on any atom is -0.462 e. The van der Waals surface area contributed by atoms with Crippen LogP contribution in [0.2, 0.25) is 0 Å². The van der Waals surface area contributed by atoms with Crippen molar-refractivity contribution in [2.24, 2.45) is 5.11 Å². The highest BCUT2D eigenvalue weighted by atomic mass is 19.2. The van der Waals surface area contributed by atoms with Crippen molar-refractivity contribution in [1.82, 2.24) is 0 Å².